The number of nitriles is 1. The molecule has 0 aliphatic carbocycles. The third kappa shape index (κ3) is 3.86. The van der Waals surface area contributed by atoms with Gasteiger partial charge in [-0.25, -0.2) is 0 Å². The standard InChI is InChI=1S/C25H29N3O2/c1-2-24(30)27-12-3-4-13-28-22(16-27)25(23(28)17-29)20-10-8-19(9-11-20)21-7-5-6-18(14-21)15-26/h5-11,14,22-23,25,29H,2-4,12-13,16-17H2,1H3/t22-,23-,25+/m1/s1. The quantitative estimate of drug-likeness (QED) is 0.850. The Morgan fingerprint density at radius 2 is 1.90 bits per heavy atom. The van der Waals surface area contributed by atoms with Crippen molar-refractivity contribution in [2.24, 2.45) is 0 Å². The summed E-state index contributed by atoms with van der Waals surface area (Å²) in [4.78, 5) is 16.8. The van der Waals surface area contributed by atoms with Crippen LogP contribution in [0.4, 0.5) is 0 Å². The Morgan fingerprint density at radius 3 is 2.60 bits per heavy atom. The SMILES string of the molecule is CCC(=O)N1CCCCN2[C@H](CO)[C@@H](c3ccc(-c4cccc(C#N)c4)cc3)[C@H]2C1. The van der Waals surface area contributed by atoms with Crippen LogP contribution >= 0.6 is 0 Å². The minimum atomic E-state index is 0.111. The van der Waals surface area contributed by atoms with E-state index in [1.165, 1.54) is 5.56 Å². The van der Waals surface area contributed by atoms with Gasteiger partial charge in [0.15, 0.2) is 0 Å². The second kappa shape index (κ2) is 8.99. The molecule has 1 N–H and O–H groups in total. The van der Waals surface area contributed by atoms with Gasteiger partial charge in [0.2, 0.25) is 5.91 Å². The first-order valence-corrected chi connectivity index (χ1v) is 10.9. The topological polar surface area (TPSA) is 67.6 Å². The Bertz CT molecular complexity index is 934. The highest BCUT2D eigenvalue weighted by molar-refractivity contribution is 5.76. The van der Waals surface area contributed by atoms with Crippen molar-refractivity contribution in [3.8, 4) is 17.2 Å². The van der Waals surface area contributed by atoms with Crippen LogP contribution in [0.1, 0.15) is 43.2 Å². The summed E-state index contributed by atoms with van der Waals surface area (Å²) in [6.07, 6.45) is 2.62. The van der Waals surface area contributed by atoms with Crippen molar-refractivity contribution in [3.05, 3.63) is 59.7 Å². The molecule has 0 unspecified atom stereocenters. The smallest absolute Gasteiger partial charge is 0.222 e. The summed E-state index contributed by atoms with van der Waals surface area (Å²) in [6.45, 7) is 4.61. The summed E-state index contributed by atoms with van der Waals surface area (Å²) in [6, 6.07) is 18.7. The summed E-state index contributed by atoms with van der Waals surface area (Å²) in [7, 11) is 0. The second-order valence-electron chi connectivity index (χ2n) is 8.30. The maximum absolute atomic E-state index is 12.4. The number of fused-ring (bicyclic) bond motifs is 1. The molecule has 2 aliphatic rings. The average Bonchev–Trinajstić information content (AvgIpc) is 2.78. The number of hydrogen-bond acceptors (Lipinski definition) is 4. The van der Waals surface area contributed by atoms with E-state index in [2.05, 4.69) is 35.2 Å². The van der Waals surface area contributed by atoms with Crippen LogP contribution in [0.2, 0.25) is 0 Å². The molecular weight excluding hydrogens is 374 g/mol. The van der Waals surface area contributed by atoms with Crippen molar-refractivity contribution in [2.75, 3.05) is 26.2 Å². The fraction of sp³-hybridized carbons (Fsp3) is 0.440. The number of carbonyl (C=O) groups excluding carboxylic acids is 1. The van der Waals surface area contributed by atoms with Gasteiger partial charge >= 0.3 is 0 Å². The predicted octanol–water partition coefficient (Wildman–Crippen LogP) is 3.39. The highest BCUT2D eigenvalue weighted by Gasteiger charge is 2.49. The van der Waals surface area contributed by atoms with E-state index < -0.39 is 0 Å². The first kappa shape index (κ1) is 20.6. The minimum Gasteiger partial charge on any atom is -0.395 e. The average molecular weight is 404 g/mol. The van der Waals surface area contributed by atoms with Gasteiger partial charge in [0.05, 0.1) is 18.2 Å². The molecule has 2 heterocycles. The normalized spacial score (nSPS) is 24.2. The van der Waals surface area contributed by atoms with Crippen LogP contribution in [0.5, 0.6) is 0 Å². The third-order valence-corrected chi connectivity index (χ3v) is 6.65. The predicted molar refractivity (Wildman–Crippen MR) is 117 cm³/mol. The lowest BCUT2D eigenvalue weighted by Crippen LogP contribution is -2.67. The lowest BCUT2D eigenvalue weighted by Gasteiger charge is -2.57. The van der Waals surface area contributed by atoms with Crippen LogP contribution in [0.15, 0.2) is 48.5 Å². The van der Waals surface area contributed by atoms with E-state index in [0.717, 1.165) is 43.6 Å². The van der Waals surface area contributed by atoms with Crippen molar-refractivity contribution in [1.82, 2.24) is 9.80 Å². The molecule has 0 spiro atoms. The molecule has 2 aliphatic heterocycles. The molecule has 0 bridgehead atoms. The molecule has 5 nitrogen and oxygen atoms in total. The molecule has 2 fully saturated rings. The molecule has 4 rings (SSSR count). The van der Waals surface area contributed by atoms with Gasteiger partial charge in [-0.15, -0.1) is 0 Å². The lowest BCUT2D eigenvalue weighted by atomic mass is 9.74. The van der Waals surface area contributed by atoms with Crippen LogP contribution in [-0.2, 0) is 4.79 Å². The maximum atomic E-state index is 12.4. The van der Waals surface area contributed by atoms with Crippen molar-refractivity contribution < 1.29 is 9.90 Å². The van der Waals surface area contributed by atoms with Gasteiger partial charge in [-0.2, -0.15) is 5.26 Å². The van der Waals surface area contributed by atoms with Gasteiger partial charge in [0, 0.05) is 37.5 Å². The lowest BCUT2D eigenvalue weighted by molar-refractivity contribution is -0.136. The zero-order valence-corrected chi connectivity index (χ0v) is 17.5. The fourth-order valence-corrected chi connectivity index (χ4v) is 5.06. The zero-order chi connectivity index (χ0) is 21.1. The molecule has 3 atom stereocenters. The fourth-order valence-electron chi connectivity index (χ4n) is 5.06. The third-order valence-electron chi connectivity index (χ3n) is 6.65. The Morgan fingerprint density at radius 1 is 1.13 bits per heavy atom. The molecule has 0 radical (unpaired) electrons. The number of benzene rings is 2. The summed E-state index contributed by atoms with van der Waals surface area (Å²) in [5, 5.41) is 19.2. The van der Waals surface area contributed by atoms with E-state index >= 15 is 0 Å². The second-order valence-corrected chi connectivity index (χ2v) is 8.30. The van der Waals surface area contributed by atoms with Gasteiger partial charge in [0.25, 0.3) is 0 Å². The highest BCUT2D eigenvalue weighted by Crippen LogP contribution is 2.42. The zero-order valence-electron chi connectivity index (χ0n) is 17.5. The van der Waals surface area contributed by atoms with Crippen LogP contribution in [0.25, 0.3) is 11.1 Å². The molecule has 2 aromatic rings. The Hall–Kier alpha value is -2.68. The summed E-state index contributed by atoms with van der Waals surface area (Å²) < 4.78 is 0. The Kier molecular flexibility index (Phi) is 6.17. The number of aliphatic hydroxyl groups excluding tert-OH is 1. The molecule has 5 heteroatoms. The van der Waals surface area contributed by atoms with Crippen LogP contribution in [-0.4, -0.2) is 59.1 Å². The number of amides is 1. The van der Waals surface area contributed by atoms with E-state index in [9.17, 15) is 9.90 Å². The summed E-state index contributed by atoms with van der Waals surface area (Å²) in [5.74, 6) is 0.440. The number of hydrogen-bond donors (Lipinski definition) is 1. The number of carbonyl (C=O) groups is 1. The van der Waals surface area contributed by atoms with Crippen molar-refractivity contribution in [1.29, 1.82) is 5.26 Å². The van der Waals surface area contributed by atoms with Gasteiger partial charge in [-0.05, 0) is 48.2 Å². The van der Waals surface area contributed by atoms with E-state index in [-0.39, 0.29) is 30.5 Å². The molecule has 1 amide bonds. The molecule has 0 saturated carbocycles. The molecule has 0 aromatic heterocycles. The first-order chi connectivity index (χ1) is 14.7. The Balaban J connectivity index is 1.58. The van der Waals surface area contributed by atoms with Gasteiger partial charge < -0.3 is 10.0 Å². The van der Waals surface area contributed by atoms with Crippen LogP contribution < -0.4 is 0 Å². The van der Waals surface area contributed by atoms with Crippen LogP contribution in [0, 0.1) is 11.3 Å². The molecule has 156 valence electrons. The molecule has 2 aromatic carbocycles. The number of rotatable bonds is 4. The van der Waals surface area contributed by atoms with Gasteiger partial charge in [0.1, 0.15) is 0 Å². The number of aliphatic hydroxyl groups is 1. The first-order valence-electron chi connectivity index (χ1n) is 10.9. The maximum Gasteiger partial charge on any atom is 0.222 e. The van der Waals surface area contributed by atoms with E-state index in [0.29, 0.717) is 12.0 Å². The summed E-state index contributed by atoms with van der Waals surface area (Å²) >= 11 is 0. The van der Waals surface area contributed by atoms with Crippen molar-refractivity contribution in [3.63, 3.8) is 0 Å². The van der Waals surface area contributed by atoms with Crippen LogP contribution in [0.3, 0.4) is 0 Å². The van der Waals surface area contributed by atoms with Gasteiger partial charge in [-0.1, -0.05) is 43.3 Å². The Labute approximate surface area is 178 Å². The monoisotopic (exact) mass is 403 g/mol. The van der Waals surface area contributed by atoms with Crippen molar-refractivity contribution >= 4 is 5.91 Å². The van der Waals surface area contributed by atoms with Crippen molar-refractivity contribution in [2.45, 2.75) is 44.2 Å². The van der Waals surface area contributed by atoms with Gasteiger partial charge in [-0.3, -0.25) is 9.69 Å². The van der Waals surface area contributed by atoms with E-state index in [1.54, 1.807) is 0 Å². The largest absolute Gasteiger partial charge is 0.395 e. The highest BCUT2D eigenvalue weighted by atomic mass is 16.3. The van der Waals surface area contributed by atoms with E-state index in [1.807, 2.05) is 36.1 Å². The minimum absolute atomic E-state index is 0.111. The molecule has 2 saturated heterocycles. The number of nitrogens with zero attached hydrogens (tertiary/aromatic N) is 3. The summed E-state index contributed by atoms with van der Waals surface area (Å²) in [5.41, 5.74) is 3.97. The molecular formula is C25H29N3O2. The molecule has 30 heavy (non-hydrogen) atoms. The van der Waals surface area contributed by atoms with E-state index in [4.69, 9.17) is 5.26 Å².